The third kappa shape index (κ3) is 2.10. The van der Waals surface area contributed by atoms with Gasteiger partial charge in [-0.1, -0.05) is 29.8 Å². The number of carbonyl (C=O) groups is 2. The van der Waals surface area contributed by atoms with Gasteiger partial charge in [-0.2, -0.15) is 0 Å². The Morgan fingerprint density at radius 1 is 1.13 bits per heavy atom. The van der Waals surface area contributed by atoms with E-state index in [0.717, 1.165) is 0 Å². The molecule has 1 aliphatic rings. The van der Waals surface area contributed by atoms with Crippen molar-refractivity contribution in [1.29, 1.82) is 0 Å². The molecule has 1 fully saturated rings. The average Bonchev–Trinajstić information content (AvgIpc) is 2.16. The van der Waals surface area contributed by atoms with Gasteiger partial charge >= 0.3 is 11.9 Å². The molecule has 0 bridgehead atoms. The van der Waals surface area contributed by atoms with E-state index in [2.05, 4.69) is 0 Å². The molecule has 1 saturated heterocycles. The van der Waals surface area contributed by atoms with Gasteiger partial charge in [0.2, 0.25) is 0 Å². The summed E-state index contributed by atoms with van der Waals surface area (Å²) in [6.07, 6.45) is -1.37. The third-order valence-corrected chi connectivity index (χ3v) is 2.27. The molecule has 15 heavy (non-hydrogen) atoms. The van der Waals surface area contributed by atoms with Gasteiger partial charge in [-0.3, -0.25) is 9.59 Å². The second-order valence-corrected chi connectivity index (χ2v) is 3.42. The SMILES string of the molecule is O=C1CC(=O)OC(c2ccccc2Cl)O1. The molecule has 1 aromatic carbocycles. The summed E-state index contributed by atoms with van der Waals surface area (Å²) in [5.41, 5.74) is 0.473. The molecule has 1 heterocycles. The molecule has 0 saturated carbocycles. The predicted molar refractivity (Wildman–Crippen MR) is 51.0 cm³/mol. The summed E-state index contributed by atoms with van der Waals surface area (Å²) in [6.45, 7) is 0. The largest absolute Gasteiger partial charge is 0.420 e. The highest BCUT2D eigenvalue weighted by molar-refractivity contribution is 6.31. The van der Waals surface area contributed by atoms with Gasteiger partial charge in [-0.05, 0) is 6.07 Å². The van der Waals surface area contributed by atoms with Crippen LogP contribution in [0.4, 0.5) is 0 Å². The van der Waals surface area contributed by atoms with Crippen LogP contribution in [0.2, 0.25) is 5.02 Å². The highest BCUT2D eigenvalue weighted by Gasteiger charge is 2.30. The van der Waals surface area contributed by atoms with E-state index in [4.69, 9.17) is 21.1 Å². The van der Waals surface area contributed by atoms with E-state index >= 15 is 0 Å². The maximum Gasteiger partial charge on any atom is 0.320 e. The van der Waals surface area contributed by atoms with Crippen LogP contribution in [0, 0.1) is 0 Å². The van der Waals surface area contributed by atoms with Gasteiger partial charge in [-0.25, -0.2) is 0 Å². The molecule has 0 aliphatic carbocycles. The molecular weight excluding hydrogens is 220 g/mol. The molecule has 0 spiro atoms. The number of ether oxygens (including phenoxy) is 2. The summed E-state index contributed by atoms with van der Waals surface area (Å²) in [5.74, 6) is -1.20. The highest BCUT2D eigenvalue weighted by atomic mass is 35.5. The zero-order valence-electron chi connectivity index (χ0n) is 7.60. The van der Waals surface area contributed by atoms with Crippen molar-refractivity contribution in [2.45, 2.75) is 12.7 Å². The number of hydrogen-bond acceptors (Lipinski definition) is 4. The quantitative estimate of drug-likeness (QED) is 0.542. The molecule has 0 atom stereocenters. The van der Waals surface area contributed by atoms with Crippen molar-refractivity contribution in [2.75, 3.05) is 0 Å². The second-order valence-electron chi connectivity index (χ2n) is 3.01. The Labute approximate surface area is 90.7 Å². The van der Waals surface area contributed by atoms with Gasteiger partial charge < -0.3 is 9.47 Å². The summed E-state index contributed by atoms with van der Waals surface area (Å²) in [5, 5.41) is 0.394. The third-order valence-electron chi connectivity index (χ3n) is 1.92. The van der Waals surface area contributed by atoms with Gasteiger partial charge in [0.05, 0.1) is 10.6 Å². The average molecular weight is 227 g/mol. The summed E-state index contributed by atoms with van der Waals surface area (Å²) < 4.78 is 9.71. The van der Waals surface area contributed by atoms with Crippen LogP contribution in [0.3, 0.4) is 0 Å². The van der Waals surface area contributed by atoms with E-state index in [-0.39, 0.29) is 6.42 Å². The number of rotatable bonds is 1. The molecule has 0 amide bonds. The summed E-state index contributed by atoms with van der Waals surface area (Å²) >= 11 is 5.87. The Hall–Kier alpha value is -1.55. The lowest BCUT2D eigenvalue weighted by molar-refractivity contribution is -0.204. The van der Waals surface area contributed by atoms with Crippen molar-refractivity contribution in [2.24, 2.45) is 0 Å². The van der Waals surface area contributed by atoms with Gasteiger partial charge in [0.15, 0.2) is 0 Å². The molecule has 0 aromatic heterocycles. The molecule has 5 heteroatoms. The van der Waals surface area contributed by atoms with E-state index < -0.39 is 18.2 Å². The minimum Gasteiger partial charge on any atom is -0.420 e. The lowest BCUT2D eigenvalue weighted by atomic mass is 10.2. The van der Waals surface area contributed by atoms with Gasteiger partial charge in [-0.15, -0.1) is 0 Å². The standard InChI is InChI=1S/C10H7ClO4/c11-7-4-2-1-3-6(7)10-14-8(12)5-9(13)15-10/h1-4,10H,5H2. The normalized spacial score (nSPS) is 17.1. The molecular formula is C10H7ClO4. The number of carbonyl (C=O) groups excluding carboxylic acids is 2. The van der Waals surface area contributed by atoms with Crippen LogP contribution in [0.15, 0.2) is 24.3 Å². The van der Waals surface area contributed by atoms with Crippen molar-refractivity contribution in [3.63, 3.8) is 0 Å². The van der Waals surface area contributed by atoms with Crippen molar-refractivity contribution in [3.8, 4) is 0 Å². The van der Waals surface area contributed by atoms with Crippen molar-refractivity contribution in [1.82, 2.24) is 0 Å². The maximum absolute atomic E-state index is 11.0. The van der Waals surface area contributed by atoms with E-state index in [1.807, 2.05) is 0 Å². The van der Waals surface area contributed by atoms with Crippen LogP contribution in [0.1, 0.15) is 18.3 Å². The Morgan fingerprint density at radius 3 is 2.33 bits per heavy atom. The van der Waals surface area contributed by atoms with Crippen LogP contribution in [0.25, 0.3) is 0 Å². The first-order valence-corrected chi connectivity index (χ1v) is 4.68. The molecule has 0 radical (unpaired) electrons. The van der Waals surface area contributed by atoms with Crippen LogP contribution >= 0.6 is 11.6 Å². The van der Waals surface area contributed by atoms with E-state index in [1.165, 1.54) is 0 Å². The fraction of sp³-hybridized carbons (Fsp3) is 0.200. The van der Waals surface area contributed by atoms with Crippen molar-refractivity contribution < 1.29 is 19.1 Å². The summed E-state index contributed by atoms with van der Waals surface area (Å²) in [7, 11) is 0. The smallest absolute Gasteiger partial charge is 0.320 e. The highest BCUT2D eigenvalue weighted by Crippen LogP contribution is 2.29. The second kappa shape index (κ2) is 3.90. The minimum absolute atomic E-state index is 0.346. The minimum atomic E-state index is -1.02. The molecule has 2 rings (SSSR count). The number of halogens is 1. The maximum atomic E-state index is 11.0. The topological polar surface area (TPSA) is 52.6 Å². The number of benzene rings is 1. The van der Waals surface area contributed by atoms with E-state index in [1.54, 1.807) is 24.3 Å². The lowest BCUT2D eigenvalue weighted by Crippen LogP contribution is -2.26. The van der Waals surface area contributed by atoms with Crippen molar-refractivity contribution in [3.05, 3.63) is 34.9 Å². The summed E-state index contributed by atoms with van der Waals surface area (Å²) in [4.78, 5) is 22.0. The first kappa shape index (κ1) is 9.98. The predicted octanol–water partition coefficient (Wildman–Crippen LogP) is 1.83. The first-order chi connectivity index (χ1) is 7.16. The Balaban J connectivity index is 2.27. The molecule has 78 valence electrons. The molecule has 0 N–H and O–H groups in total. The number of esters is 2. The van der Waals surface area contributed by atoms with Gasteiger partial charge in [0, 0.05) is 0 Å². The lowest BCUT2D eigenvalue weighted by Gasteiger charge is -2.22. The Kier molecular flexibility index (Phi) is 2.60. The van der Waals surface area contributed by atoms with Crippen molar-refractivity contribution >= 4 is 23.5 Å². The molecule has 4 nitrogen and oxygen atoms in total. The van der Waals surface area contributed by atoms with E-state index in [0.29, 0.717) is 10.6 Å². The van der Waals surface area contributed by atoms with Crippen LogP contribution < -0.4 is 0 Å². The molecule has 0 unspecified atom stereocenters. The van der Waals surface area contributed by atoms with Crippen LogP contribution in [0.5, 0.6) is 0 Å². The molecule has 1 aromatic rings. The van der Waals surface area contributed by atoms with Crippen LogP contribution in [-0.2, 0) is 19.1 Å². The zero-order valence-corrected chi connectivity index (χ0v) is 8.36. The van der Waals surface area contributed by atoms with Gasteiger partial charge in [0.25, 0.3) is 6.29 Å². The summed E-state index contributed by atoms with van der Waals surface area (Å²) in [6, 6.07) is 6.72. The Bertz CT molecular complexity index is 400. The fourth-order valence-electron chi connectivity index (χ4n) is 1.26. The van der Waals surface area contributed by atoms with Crippen LogP contribution in [-0.4, -0.2) is 11.9 Å². The fourth-order valence-corrected chi connectivity index (χ4v) is 1.48. The molecule has 1 aliphatic heterocycles. The van der Waals surface area contributed by atoms with E-state index in [9.17, 15) is 9.59 Å². The first-order valence-electron chi connectivity index (χ1n) is 4.30. The number of hydrogen-bond donors (Lipinski definition) is 0. The zero-order chi connectivity index (χ0) is 10.8. The van der Waals surface area contributed by atoms with Gasteiger partial charge in [0.1, 0.15) is 6.42 Å². The number of cyclic esters (lactones) is 2. The Morgan fingerprint density at radius 2 is 1.73 bits per heavy atom. The monoisotopic (exact) mass is 226 g/mol.